The first-order chi connectivity index (χ1) is 5.79. The van der Waals surface area contributed by atoms with Crippen molar-refractivity contribution in [1.82, 2.24) is 4.31 Å². The summed E-state index contributed by atoms with van der Waals surface area (Å²) in [5, 5.41) is 9.12. The molecule has 0 bridgehead atoms. The molecule has 5 heteroatoms. The maximum Gasteiger partial charge on any atom is 0.231 e. The van der Waals surface area contributed by atoms with Gasteiger partial charge in [-0.05, 0) is 6.08 Å². The third-order valence-corrected chi connectivity index (χ3v) is 2.83. The molecule has 0 aromatic heterocycles. The topological polar surface area (TPSA) is 57.6 Å². The zero-order valence-electron chi connectivity index (χ0n) is 8.11. The molecular formula is C8H15NO3S. The van der Waals surface area contributed by atoms with Crippen molar-refractivity contribution in [3.63, 3.8) is 0 Å². The molecule has 0 fully saturated rings. The molecule has 0 aliphatic heterocycles. The van der Waals surface area contributed by atoms with Crippen LogP contribution in [-0.4, -0.2) is 31.1 Å². The zero-order valence-corrected chi connectivity index (χ0v) is 8.93. The molecule has 0 amide bonds. The van der Waals surface area contributed by atoms with Gasteiger partial charge in [0.2, 0.25) is 10.0 Å². The molecule has 0 aliphatic carbocycles. The third-order valence-electron chi connectivity index (χ3n) is 1.60. The van der Waals surface area contributed by atoms with E-state index in [1.807, 2.05) is 0 Å². The van der Waals surface area contributed by atoms with Gasteiger partial charge in [0.1, 0.15) is 0 Å². The molecule has 1 N–H and O–H groups in total. The summed E-state index contributed by atoms with van der Waals surface area (Å²) in [6, 6.07) is 0. The van der Waals surface area contributed by atoms with Gasteiger partial charge in [-0.1, -0.05) is 13.5 Å². The molecule has 0 saturated carbocycles. The van der Waals surface area contributed by atoms with Crippen molar-refractivity contribution < 1.29 is 13.5 Å². The standard InChI is InChI=1S/C8H15NO3S/c1-5-8(10)6-7(2)9(3)13(4,11)12/h6,10H,2,5H2,1,3-4H3/b8-6+. The number of sulfonamides is 1. The van der Waals surface area contributed by atoms with Crippen molar-refractivity contribution in [3.05, 3.63) is 24.1 Å². The molecule has 76 valence electrons. The summed E-state index contributed by atoms with van der Waals surface area (Å²) in [6.07, 6.45) is 2.87. The summed E-state index contributed by atoms with van der Waals surface area (Å²) >= 11 is 0. The van der Waals surface area contributed by atoms with Crippen LogP contribution < -0.4 is 0 Å². The fourth-order valence-electron chi connectivity index (χ4n) is 0.598. The van der Waals surface area contributed by atoms with Gasteiger partial charge >= 0.3 is 0 Å². The van der Waals surface area contributed by atoms with Crippen molar-refractivity contribution in [1.29, 1.82) is 0 Å². The maximum absolute atomic E-state index is 11.0. The Kier molecular flexibility index (Phi) is 4.00. The van der Waals surface area contributed by atoms with Crippen molar-refractivity contribution in [2.45, 2.75) is 13.3 Å². The normalized spacial score (nSPS) is 12.7. The van der Waals surface area contributed by atoms with Gasteiger partial charge < -0.3 is 5.11 Å². The summed E-state index contributed by atoms with van der Waals surface area (Å²) in [5.74, 6) is 0.112. The lowest BCUT2D eigenvalue weighted by atomic mass is 10.3. The molecule has 0 aromatic rings. The molecule has 0 rings (SSSR count). The molecule has 0 aliphatic rings. The quantitative estimate of drug-likeness (QED) is 0.555. The van der Waals surface area contributed by atoms with E-state index in [1.54, 1.807) is 6.92 Å². The summed E-state index contributed by atoms with van der Waals surface area (Å²) in [5.41, 5.74) is 0.252. The van der Waals surface area contributed by atoms with E-state index in [4.69, 9.17) is 5.11 Å². The Hall–Kier alpha value is -0.970. The molecular weight excluding hydrogens is 190 g/mol. The van der Waals surface area contributed by atoms with Crippen LogP contribution in [0.1, 0.15) is 13.3 Å². The van der Waals surface area contributed by atoms with E-state index in [1.165, 1.54) is 13.1 Å². The van der Waals surface area contributed by atoms with Gasteiger partial charge in [-0.3, -0.25) is 4.31 Å². The second-order valence-electron chi connectivity index (χ2n) is 2.71. The van der Waals surface area contributed by atoms with E-state index in [-0.39, 0.29) is 11.5 Å². The number of likely N-dealkylation sites (N-methyl/N-ethyl adjacent to an activating group) is 1. The number of rotatable bonds is 4. The van der Waals surface area contributed by atoms with Crippen molar-refractivity contribution in [2.75, 3.05) is 13.3 Å². The molecule has 0 radical (unpaired) electrons. The molecule has 13 heavy (non-hydrogen) atoms. The lowest BCUT2D eigenvalue weighted by Crippen LogP contribution is -2.23. The Bertz CT molecular complexity index is 316. The molecule has 4 nitrogen and oxygen atoms in total. The van der Waals surface area contributed by atoms with Crippen LogP contribution in [0.5, 0.6) is 0 Å². The largest absolute Gasteiger partial charge is 0.512 e. The van der Waals surface area contributed by atoms with Crippen LogP contribution in [0.4, 0.5) is 0 Å². The van der Waals surface area contributed by atoms with Crippen LogP contribution in [0, 0.1) is 0 Å². The lowest BCUT2D eigenvalue weighted by Gasteiger charge is -2.16. The van der Waals surface area contributed by atoms with Crippen molar-refractivity contribution in [3.8, 4) is 0 Å². The predicted molar refractivity (Wildman–Crippen MR) is 52.7 cm³/mol. The Morgan fingerprint density at radius 3 is 2.38 bits per heavy atom. The van der Waals surface area contributed by atoms with Crippen LogP contribution in [0.15, 0.2) is 24.1 Å². The minimum atomic E-state index is -3.28. The minimum Gasteiger partial charge on any atom is -0.512 e. The Morgan fingerprint density at radius 2 is 2.08 bits per heavy atom. The first-order valence-corrected chi connectivity index (χ1v) is 5.66. The molecule has 0 spiro atoms. The van der Waals surface area contributed by atoms with E-state index in [0.29, 0.717) is 6.42 Å². The number of nitrogens with zero attached hydrogens (tertiary/aromatic N) is 1. The van der Waals surface area contributed by atoms with Gasteiger partial charge in [0.25, 0.3) is 0 Å². The molecule has 0 unspecified atom stereocenters. The molecule has 0 saturated heterocycles. The van der Waals surface area contributed by atoms with Crippen molar-refractivity contribution in [2.24, 2.45) is 0 Å². The van der Waals surface area contributed by atoms with E-state index < -0.39 is 10.0 Å². The number of allylic oxidation sites excluding steroid dienone is 2. The summed E-state index contributed by atoms with van der Waals surface area (Å²) < 4.78 is 23.0. The maximum atomic E-state index is 11.0. The third kappa shape index (κ3) is 3.98. The molecule has 0 heterocycles. The van der Waals surface area contributed by atoms with E-state index in [0.717, 1.165) is 10.6 Å². The second kappa shape index (κ2) is 4.32. The van der Waals surface area contributed by atoms with Crippen LogP contribution in [0.2, 0.25) is 0 Å². The molecule has 0 atom stereocenters. The first kappa shape index (κ1) is 12.0. The average molecular weight is 205 g/mol. The Balaban J connectivity index is 4.65. The highest BCUT2D eigenvalue weighted by Gasteiger charge is 2.11. The highest BCUT2D eigenvalue weighted by Crippen LogP contribution is 2.08. The van der Waals surface area contributed by atoms with Crippen LogP contribution in [-0.2, 0) is 10.0 Å². The summed E-state index contributed by atoms with van der Waals surface area (Å²) in [4.78, 5) is 0. The van der Waals surface area contributed by atoms with Gasteiger partial charge in [-0.2, -0.15) is 0 Å². The van der Waals surface area contributed by atoms with Crippen molar-refractivity contribution >= 4 is 10.0 Å². The van der Waals surface area contributed by atoms with Crippen LogP contribution in [0.3, 0.4) is 0 Å². The monoisotopic (exact) mass is 205 g/mol. The number of aliphatic hydroxyl groups excluding tert-OH is 1. The Labute approximate surface area is 79.2 Å². The van der Waals surface area contributed by atoms with Gasteiger partial charge in [0, 0.05) is 19.2 Å². The van der Waals surface area contributed by atoms with Crippen LogP contribution >= 0.6 is 0 Å². The van der Waals surface area contributed by atoms with Gasteiger partial charge in [-0.25, -0.2) is 8.42 Å². The Morgan fingerprint density at radius 1 is 1.62 bits per heavy atom. The van der Waals surface area contributed by atoms with Gasteiger partial charge in [0.05, 0.1) is 12.0 Å². The summed E-state index contributed by atoms with van der Waals surface area (Å²) in [7, 11) is -1.89. The number of hydrogen-bond donors (Lipinski definition) is 1. The highest BCUT2D eigenvalue weighted by atomic mass is 32.2. The predicted octanol–water partition coefficient (Wildman–Crippen LogP) is 1.24. The van der Waals surface area contributed by atoms with E-state index in [9.17, 15) is 8.42 Å². The SMILES string of the molecule is C=C(/C=C(/O)CC)N(C)S(C)(=O)=O. The first-order valence-electron chi connectivity index (χ1n) is 3.81. The second-order valence-corrected chi connectivity index (χ2v) is 4.72. The smallest absolute Gasteiger partial charge is 0.231 e. The summed E-state index contributed by atoms with van der Waals surface area (Å²) in [6.45, 7) is 5.28. The van der Waals surface area contributed by atoms with Crippen LogP contribution in [0.25, 0.3) is 0 Å². The molecule has 0 aromatic carbocycles. The highest BCUT2D eigenvalue weighted by molar-refractivity contribution is 7.88. The number of aliphatic hydroxyl groups is 1. The minimum absolute atomic E-state index is 0.112. The number of hydrogen-bond acceptors (Lipinski definition) is 3. The van der Waals surface area contributed by atoms with Gasteiger partial charge in [0.15, 0.2) is 0 Å². The average Bonchev–Trinajstić information content (AvgIpc) is 2.01. The van der Waals surface area contributed by atoms with E-state index >= 15 is 0 Å². The van der Waals surface area contributed by atoms with Gasteiger partial charge in [-0.15, -0.1) is 0 Å². The zero-order chi connectivity index (χ0) is 10.6. The lowest BCUT2D eigenvalue weighted by molar-refractivity contribution is 0.392. The fourth-order valence-corrected chi connectivity index (χ4v) is 1.08. The van der Waals surface area contributed by atoms with E-state index in [2.05, 4.69) is 6.58 Å². The fraction of sp³-hybridized carbons (Fsp3) is 0.500.